The predicted octanol–water partition coefficient (Wildman–Crippen LogP) is -10.1. The van der Waals surface area contributed by atoms with Crippen LogP contribution in [0.2, 0.25) is 0 Å². The summed E-state index contributed by atoms with van der Waals surface area (Å²) in [5, 5.41) is 20.2. The van der Waals surface area contributed by atoms with Gasteiger partial charge in [-0.1, -0.05) is 0 Å². The Morgan fingerprint density at radius 2 is 1.85 bits per heavy atom. The molecule has 14 heteroatoms. The Morgan fingerprint density at radius 3 is 2.27 bits per heavy atom. The number of nitrogens with zero attached hydrogens (tertiary/aromatic N) is 1. The molecule has 132 valence electrons. The van der Waals surface area contributed by atoms with Crippen LogP contribution in [0.4, 0.5) is 0 Å². The summed E-state index contributed by atoms with van der Waals surface area (Å²) < 4.78 is 27.7. The first-order valence-electron chi connectivity index (χ1n) is 6.40. The van der Waals surface area contributed by atoms with Gasteiger partial charge in [0, 0.05) is 0 Å². The number of fused-ring (bicyclic) bond motifs is 1. The van der Waals surface area contributed by atoms with Crippen molar-refractivity contribution in [2.24, 2.45) is 0 Å². The van der Waals surface area contributed by atoms with E-state index >= 15 is 0 Å². The first-order chi connectivity index (χ1) is 11.0. The van der Waals surface area contributed by atoms with Gasteiger partial charge in [-0.15, -0.1) is 11.6 Å². The Bertz CT molecular complexity index is 784. The third kappa shape index (κ3) is 3.86. The van der Waals surface area contributed by atoms with Crippen molar-refractivity contribution in [3.8, 4) is 0 Å². The van der Waals surface area contributed by atoms with Gasteiger partial charge in [-0.25, -0.2) is 8.42 Å². The van der Waals surface area contributed by atoms with E-state index in [1.165, 1.54) is 0 Å². The molecule has 2 aliphatic heterocycles. The molecular formula is C12H10ClNNa2O9S. The summed E-state index contributed by atoms with van der Waals surface area (Å²) >= 11 is 5.23. The summed E-state index contributed by atoms with van der Waals surface area (Å²) in [5.41, 5.74) is -0.631. The molecule has 26 heavy (non-hydrogen) atoms. The third-order valence-electron chi connectivity index (χ3n) is 3.93. The number of ether oxygens (including phenoxy) is 1. The minimum absolute atomic E-state index is 0. The van der Waals surface area contributed by atoms with E-state index < -0.39 is 67.9 Å². The Morgan fingerprint density at radius 1 is 1.31 bits per heavy atom. The number of rotatable bonds is 5. The SMILES string of the molecule is C[C@]1(COC(=O)CCl)[C@H](C(=O)[O-])N2C(=O)/C(=C/C(=O)[O-])C2S1(=O)=O.[Na+].[Na+]. The van der Waals surface area contributed by atoms with Crippen LogP contribution in [0.3, 0.4) is 0 Å². The van der Waals surface area contributed by atoms with Crippen molar-refractivity contribution < 1.29 is 102 Å². The van der Waals surface area contributed by atoms with Crippen molar-refractivity contribution in [3.63, 3.8) is 0 Å². The van der Waals surface area contributed by atoms with Crippen LogP contribution < -0.4 is 69.3 Å². The van der Waals surface area contributed by atoms with Crippen molar-refractivity contribution in [1.29, 1.82) is 0 Å². The molecule has 2 fully saturated rings. The van der Waals surface area contributed by atoms with Gasteiger partial charge in [-0.3, -0.25) is 9.59 Å². The fourth-order valence-corrected chi connectivity index (χ4v) is 5.12. The summed E-state index contributed by atoms with van der Waals surface area (Å²) in [6.45, 7) is 0.0744. The second kappa shape index (κ2) is 8.91. The van der Waals surface area contributed by atoms with Gasteiger partial charge in [0.1, 0.15) is 17.2 Å². The number of sulfone groups is 1. The normalized spacial score (nSPS) is 29.7. The summed E-state index contributed by atoms with van der Waals surface area (Å²) in [4.78, 5) is 45.6. The average molecular weight is 426 g/mol. The molecule has 0 aromatic carbocycles. The number of carboxylic acids is 2. The number of carboxylic acid groups (broad SMARTS) is 2. The molecule has 1 amide bonds. The van der Waals surface area contributed by atoms with Gasteiger partial charge in [0.2, 0.25) is 0 Å². The Hall–Kier alpha value is -0.140. The van der Waals surface area contributed by atoms with Gasteiger partial charge in [0.15, 0.2) is 15.2 Å². The molecule has 0 bridgehead atoms. The predicted molar refractivity (Wildman–Crippen MR) is 71.5 cm³/mol. The van der Waals surface area contributed by atoms with Crippen molar-refractivity contribution in [3.05, 3.63) is 11.6 Å². The van der Waals surface area contributed by atoms with E-state index in [1.807, 2.05) is 0 Å². The van der Waals surface area contributed by atoms with E-state index in [0.717, 1.165) is 6.92 Å². The van der Waals surface area contributed by atoms with Gasteiger partial charge in [-0.05, 0) is 13.0 Å². The molecule has 3 atom stereocenters. The Kier molecular flexibility index (Phi) is 8.86. The summed E-state index contributed by atoms with van der Waals surface area (Å²) in [6, 6.07) is -1.96. The summed E-state index contributed by atoms with van der Waals surface area (Å²) in [6.07, 6.45) is 0.296. The second-order valence-corrected chi connectivity index (χ2v) is 8.09. The van der Waals surface area contributed by atoms with Crippen molar-refractivity contribution in [1.82, 2.24) is 4.90 Å². The van der Waals surface area contributed by atoms with E-state index in [4.69, 9.17) is 11.6 Å². The molecule has 0 saturated carbocycles. The van der Waals surface area contributed by atoms with Crippen LogP contribution in [0.5, 0.6) is 0 Å². The zero-order valence-electron chi connectivity index (χ0n) is 14.1. The molecule has 0 aromatic rings. The van der Waals surface area contributed by atoms with E-state index in [2.05, 4.69) is 4.74 Å². The number of aliphatic carboxylic acids is 2. The molecule has 0 aromatic heterocycles. The van der Waals surface area contributed by atoms with Gasteiger partial charge in [-0.2, -0.15) is 0 Å². The molecule has 2 rings (SSSR count). The zero-order valence-corrected chi connectivity index (χ0v) is 19.6. The number of halogens is 1. The first kappa shape index (κ1) is 25.9. The minimum Gasteiger partial charge on any atom is -0.548 e. The van der Waals surface area contributed by atoms with Crippen molar-refractivity contribution in [2.45, 2.75) is 23.1 Å². The second-order valence-electron chi connectivity index (χ2n) is 5.36. The van der Waals surface area contributed by atoms with Crippen molar-refractivity contribution >= 4 is 45.3 Å². The maximum absolute atomic E-state index is 12.7. The van der Waals surface area contributed by atoms with Crippen LogP contribution in [0.15, 0.2) is 11.6 Å². The minimum atomic E-state index is -4.45. The fourth-order valence-electron chi connectivity index (χ4n) is 2.77. The maximum Gasteiger partial charge on any atom is 1.00 e. The standard InChI is InChI=1S/C12H12ClNO9S.2Na/c1-12(4-23-7(17)3-13)8(11(19)20)14-9(18)5(2-6(15)16)10(14)24(12,21)22;;/h2,8,10H,3-4H2,1H3,(H,15,16)(H,19,20);;/q;2*+1/p-2/b5-2-;;/t8-,10?,12-;;/m0../s1. The Balaban J connectivity index is 0.00000312. The molecular weight excluding hydrogens is 416 g/mol. The number of hydrogen-bond donors (Lipinski definition) is 0. The largest absolute Gasteiger partial charge is 1.00 e. The molecule has 0 radical (unpaired) electrons. The number of carbonyl (C=O) groups is 4. The monoisotopic (exact) mass is 425 g/mol. The number of β-lactam (4-membered cyclic amide) rings is 1. The topological polar surface area (TPSA) is 161 Å². The van der Waals surface area contributed by atoms with E-state index in [0.29, 0.717) is 11.0 Å². The van der Waals surface area contributed by atoms with Crippen LogP contribution in [0, 0.1) is 0 Å². The molecule has 0 aliphatic carbocycles. The van der Waals surface area contributed by atoms with E-state index in [1.54, 1.807) is 0 Å². The molecule has 0 spiro atoms. The number of hydrogen-bond acceptors (Lipinski definition) is 9. The van der Waals surface area contributed by atoms with Crippen LogP contribution in [0.1, 0.15) is 6.92 Å². The molecule has 0 N–H and O–H groups in total. The Labute approximate surface area is 197 Å². The summed E-state index contributed by atoms with van der Waals surface area (Å²) in [7, 11) is -4.45. The van der Waals surface area contributed by atoms with E-state index in [-0.39, 0.29) is 59.1 Å². The van der Waals surface area contributed by atoms with Crippen LogP contribution in [0.25, 0.3) is 0 Å². The van der Waals surface area contributed by atoms with Gasteiger partial charge >= 0.3 is 65.1 Å². The number of carbonyl (C=O) groups excluding carboxylic acids is 4. The number of esters is 1. The quantitative estimate of drug-likeness (QED) is 0.137. The molecule has 1 unspecified atom stereocenters. The van der Waals surface area contributed by atoms with Crippen molar-refractivity contribution in [2.75, 3.05) is 12.5 Å². The number of alkyl halides is 1. The fraction of sp³-hybridized carbons (Fsp3) is 0.500. The van der Waals surface area contributed by atoms with Crippen LogP contribution in [-0.4, -0.2) is 65.8 Å². The molecule has 2 saturated heterocycles. The smallest absolute Gasteiger partial charge is 0.548 e. The van der Waals surface area contributed by atoms with Crippen LogP contribution in [-0.2, 0) is 33.8 Å². The zero-order chi connectivity index (χ0) is 18.4. The molecule has 10 nitrogen and oxygen atoms in total. The number of amides is 1. The average Bonchev–Trinajstić information content (AvgIpc) is 2.65. The van der Waals surface area contributed by atoms with E-state index in [9.17, 15) is 37.8 Å². The maximum atomic E-state index is 12.7. The van der Waals surface area contributed by atoms with Gasteiger partial charge in [0.25, 0.3) is 5.91 Å². The molecule has 2 aliphatic rings. The first-order valence-corrected chi connectivity index (χ1v) is 8.48. The molecule has 2 heterocycles. The van der Waals surface area contributed by atoms with Gasteiger partial charge in [0.05, 0.1) is 23.6 Å². The van der Waals surface area contributed by atoms with Gasteiger partial charge < -0.3 is 29.4 Å². The summed E-state index contributed by atoms with van der Waals surface area (Å²) in [5.74, 6) is -6.36. The third-order valence-corrected chi connectivity index (χ3v) is 6.85. The van der Waals surface area contributed by atoms with Crippen LogP contribution >= 0.6 is 11.6 Å².